The van der Waals surface area contributed by atoms with Gasteiger partial charge < -0.3 is 14.4 Å². The van der Waals surface area contributed by atoms with Gasteiger partial charge in [0.15, 0.2) is 0 Å². The molecule has 1 saturated carbocycles. The van der Waals surface area contributed by atoms with Crippen LogP contribution in [0.2, 0.25) is 0 Å². The Morgan fingerprint density at radius 2 is 2.00 bits per heavy atom. The summed E-state index contributed by atoms with van der Waals surface area (Å²) in [6.07, 6.45) is 7.44. The van der Waals surface area contributed by atoms with Crippen molar-refractivity contribution in [2.45, 2.75) is 56.7 Å². The predicted molar refractivity (Wildman–Crippen MR) is 96.3 cm³/mol. The van der Waals surface area contributed by atoms with Crippen LogP contribution >= 0.6 is 0 Å². The van der Waals surface area contributed by atoms with E-state index >= 15 is 0 Å². The Morgan fingerprint density at radius 1 is 1.23 bits per heavy atom. The van der Waals surface area contributed by atoms with Gasteiger partial charge in [0.25, 0.3) is 0 Å². The van der Waals surface area contributed by atoms with E-state index in [1.54, 1.807) is 23.1 Å². The van der Waals surface area contributed by atoms with Crippen LogP contribution in [0.25, 0.3) is 0 Å². The van der Waals surface area contributed by atoms with Crippen LogP contribution in [-0.4, -0.2) is 48.8 Å². The number of nitrogens with zero attached hydrogens (tertiary/aromatic N) is 1. The standard InChI is InChI=1S/C21H28FNO3/c22-19-8-4-3-7-17(19)11-20(24)23-14-21(15-23)12-18(9-10-26-21)25-13-16-5-1-2-6-16/h3-4,7-8,16,18H,1-2,5-6,9-15H2/t18-/m1/s1. The first-order chi connectivity index (χ1) is 12.6. The molecule has 1 amide bonds. The smallest absolute Gasteiger partial charge is 0.227 e. The van der Waals surface area contributed by atoms with Crippen LogP contribution < -0.4 is 0 Å². The molecule has 1 aromatic carbocycles. The Bertz CT molecular complexity index is 638. The van der Waals surface area contributed by atoms with Gasteiger partial charge in [0.1, 0.15) is 11.4 Å². The highest BCUT2D eigenvalue weighted by Crippen LogP contribution is 2.36. The van der Waals surface area contributed by atoms with Crippen LogP contribution in [0.3, 0.4) is 0 Å². The van der Waals surface area contributed by atoms with Crippen molar-refractivity contribution < 1.29 is 18.7 Å². The normalized spacial score (nSPS) is 25.4. The molecule has 0 bridgehead atoms. The maximum Gasteiger partial charge on any atom is 0.227 e. The molecule has 1 aliphatic carbocycles. The molecule has 4 rings (SSSR count). The molecule has 0 aromatic heterocycles. The highest BCUT2D eigenvalue weighted by Gasteiger charge is 2.49. The van der Waals surface area contributed by atoms with E-state index in [0.29, 0.717) is 25.3 Å². The molecular weight excluding hydrogens is 333 g/mol. The maximum absolute atomic E-state index is 13.7. The lowest BCUT2D eigenvalue weighted by Gasteiger charge is -2.53. The van der Waals surface area contributed by atoms with E-state index < -0.39 is 0 Å². The van der Waals surface area contributed by atoms with Gasteiger partial charge in [-0.25, -0.2) is 4.39 Å². The Hall–Kier alpha value is -1.46. The zero-order valence-corrected chi connectivity index (χ0v) is 15.3. The molecule has 3 aliphatic rings. The molecule has 1 aromatic rings. The zero-order chi connectivity index (χ0) is 18.0. The van der Waals surface area contributed by atoms with E-state index in [-0.39, 0.29) is 29.9 Å². The van der Waals surface area contributed by atoms with Crippen LogP contribution in [0.4, 0.5) is 4.39 Å². The molecule has 4 nitrogen and oxygen atoms in total. The highest BCUT2D eigenvalue weighted by molar-refractivity contribution is 5.80. The van der Waals surface area contributed by atoms with Crippen molar-refractivity contribution in [3.63, 3.8) is 0 Å². The third-order valence-corrected chi connectivity index (χ3v) is 6.10. The van der Waals surface area contributed by atoms with Gasteiger partial charge in [-0.05, 0) is 36.8 Å². The highest BCUT2D eigenvalue weighted by atomic mass is 19.1. The van der Waals surface area contributed by atoms with Gasteiger partial charge in [-0.1, -0.05) is 31.0 Å². The monoisotopic (exact) mass is 361 g/mol. The van der Waals surface area contributed by atoms with Gasteiger partial charge >= 0.3 is 0 Å². The van der Waals surface area contributed by atoms with E-state index in [2.05, 4.69) is 0 Å². The fourth-order valence-electron chi connectivity index (χ4n) is 4.54. The number of likely N-dealkylation sites (tertiary alicyclic amines) is 1. The molecule has 2 aliphatic heterocycles. The molecule has 3 fully saturated rings. The van der Waals surface area contributed by atoms with Crippen LogP contribution in [0, 0.1) is 11.7 Å². The Kier molecular flexibility index (Phi) is 5.28. The quantitative estimate of drug-likeness (QED) is 0.807. The van der Waals surface area contributed by atoms with Gasteiger partial charge in [0.05, 0.1) is 25.6 Å². The van der Waals surface area contributed by atoms with Gasteiger partial charge in [0, 0.05) is 19.6 Å². The van der Waals surface area contributed by atoms with E-state index in [0.717, 1.165) is 25.4 Å². The first kappa shape index (κ1) is 17.9. The van der Waals surface area contributed by atoms with Crippen molar-refractivity contribution in [3.8, 4) is 0 Å². The number of benzene rings is 1. The molecule has 5 heteroatoms. The molecule has 2 heterocycles. The van der Waals surface area contributed by atoms with Crippen LogP contribution in [0.5, 0.6) is 0 Å². The minimum atomic E-state index is -0.314. The van der Waals surface area contributed by atoms with E-state index in [1.807, 2.05) is 0 Å². The largest absolute Gasteiger partial charge is 0.378 e. The third kappa shape index (κ3) is 3.94. The number of rotatable bonds is 5. The molecule has 1 atom stereocenters. The second-order valence-corrected chi connectivity index (χ2v) is 8.15. The van der Waals surface area contributed by atoms with Gasteiger partial charge in [-0.2, -0.15) is 0 Å². The Balaban J connectivity index is 1.25. The first-order valence-corrected chi connectivity index (χ1v) is 9.90. The summed E-state index contributed by atoms with van der Waals surface area (Å²) >= 11 is 0. The second-order valence-electron chi connectivity index (χ2n) is 8.15. The van der Waals surface area contributed by atoms with Crippen molar-refractivity contribution in [3.05, 3.63) is 35.6 Å². The van der Waals surface area contributed by atoms with E-state index in [9.17, 15) is 9.18 Å². The number of ether oxygens (including phenoxy) is 2. The summed E-state index contributed by atoms with van der Waals surface area (Å²) in [6, 6.07) is 6.48. The first-order valence-electron chi connectivity index (χ1n) is 9.90. The number of halogens is 1. The van der Waals surface area contributed by atoms with Crippen molar-refractivity contribution in [2.24, 2.45) is 5.92 Å². The molecule has 2 saturated heterocycles. The molecule has 0 radical (unpaired) electrons. The summed E-state index contributed by atoms with van der Waals surface area (Å²) in [5.41, 5.74) is 0.213. The average Bonchev–Trinajstić information content (AvgIpc) is 3.13. The number of hydrogen-bond donors (Lipinski definition) is 0. The molecule has 26 heavy (non-hydrogen) atoms. The van der Waals surface area contributed by atoms with Crippen molar-refractivity contribution in [2.75, 3.05) is 26.3 Å². The Morgan fingerprint density at radius 3 is 2.77 bits per heavy atom. The number of hydrogen-bond acceptors (Lipinski definition) is 3. The third-order valence-electron chi connectivity index (χ3n) is 6.10. The van der Waals surface area contributed by atoms with Crippen LogP contribution in [-0.2, 0) is 20.7 Å². The Labute approximate surface area is 154 Å². The number of amides is 1. The lowest BCUT2D eigenvalue weighted by Crippen LogP contribution is -2.67. The van der Waals surface area contributed by atoms with Crippen LogP contribution in [0.1, 0.15) is 44.1 Å². The molecule has 0 unspecified atom stereocenters. The summed E-state index contributed by atoms with van der Waals surface area (Å²) in [4.78, 5) is 14.2. The minimum absolute atomic E-state index is 0.0293. The van der Waals surface area contributed by atoms with Crippen LogP contribution in [0.15, 0.2) is 24.3 Å². The lowest BCUT2D eigenvalue weighted by molar-refractivity contribution is -0.202. The topological polar surface area (TPSA) is 38.8 Å². The molecule has 142 valence electrons. The van der Waals surface area contributed by atoms with Gasteiger partial charge in [-0.3, -0.25) is 4.79 Å². The van der Waals surface area contributed by atoms with Crippen molar-refractivity contribution in [1.82, 2.24) is 4.90 Å². The fourth-order valence-corrected chi connectivity index (χ4v) is 4.54. The minimum Gasteiger partial charge on any atom is -0.378 e. The average molecular weight is 361 g/mol. The predicted octanol–water partition coefficient (Wildman–Crippen LogP) is 3.34. The van der Waals surface area contributed by atoms with E-state index in [4.69, 9.17) is 9.47 Å². The molecular formula is C21H28FNO3. The van der Waals surface area contributed by atoms with Crippen molar-refractivity contribution >= 4 is 5.91 Å². The maximum atomic E-state index is 13.7. The zero-order valence-electron chi connectivity index (χ0n) is 15.3. The summed E-state index contributed by atoms with van der Waals surface area (Å²) < 4.78 is 25.9. The number of carbonyl (C=O) groups is 1. The SMILES string of the molecule is O=C(Cc1ccccc1F)N1CC2(C[C@H](OCC3CCCC3)CCO2)C1. The fraction of sp³-hybridized carbons (Fsp3) is 0.667. The molecule has 0 N–H and O–H groups in total. The number of carbonyl (C=O) groups excluding carboxylic acids is 1. The molecule has 1 spiro atoms. The second kappa shape index (κ2) is 7.65. The summed E-state index contributed by atoms with van der Waals surface area (Å²) in [6.45, 7) is 2.77. The lowest BCUT2D eigenvalue weighted by atomic mass is 9.84. The summed E-state index contributed by atoms with van der Waals surface area (Å²) in [7, 11) is 0. The van der Waals surface area contributed by atoms with Gasteiger partial charge in [-0.15, -0.1) is 0 Å². The van der Waals surface area contributed by atoms with Gasteiger partial charge in [0.2, 0.25) is 5.91 Å². The van der Waals surface area contributed by atoms with Crippen molar-refractivity contribution in [1.29, 1.82) is 0 Å². The summed E-state index contributed by atoms with van der Waals surface area (Å²) in [5, 5.41) is 0. The summed E-state index contributed by atoms with van der Waals surface area (Å²) in [5.74, 6) is 0.387. The van der Waals surface area contributed by atoms with E-state index in [1.165, 1.54) is 31.7 Å².